The van der Waals surface area contributed by atoms with Crippen molar-refractivity contribution in [1.29, 1.82) is 0 Å². The molecule has 1 aromatic carbocycles. The molecule has 1 amide bonds. The van der Waals surface area contributed by atoms with Gasteiger partial charge in [0.2, 0.25) is 0 Å². The van der Waals surface area contributed by atoms with Crippen LogP contribution in [0.2, 0.25) is 0 Å². The topological polar surface area (TPSA) is 81.4 Å². The van der Waals surface area contributed by atoms with E-state index in [1.165, 1.54) is 0 Å². The van der Waals surface area contributed by atoms with Crippen LogP contribution < -0.4 is 11.1 Å². The number of carbonyl (C=O) groups is 2. The van der Waals surface area contributed by atoms with E-state index in [0.29, 0.717) is 11.3 Å². The first-order chi connectivity index (χ1) is 9.51. The normalized spacial score (nSPS) is 12.7. The number of nitrogens with two attached hydrogens (primary N) is 1. The fourth-order valence-electron chi connectivity index (χ4n) is 1.84. The lowest BCUT2D eigenvalue weighted by Crippen LogP contribution is -2.46. The summed E-state index contributed by atoms with van der Waals surface area (Å²) in [5.41, 5.74) is 8.03. The van der Waals surface area contributed by atoms with Gasteiger partial charge < -0.3 is 15.8 Å². The predicted octanol–water partition coefficient (Wildman–Crippen LogP) is 2.35. The SMILES string of the molecule is Cc1cc(C)c(C(=O)OC(C)C(=O)NC(C)(C)C)cc1N. The van der Waals surface area contributed by atoms with Gasteiger partial charge in [0.1, 0.15) is 0 Å². The second-order valence-electron chi connectivity index (χ2n) is 6.31. The number of esters is 1. The van der Waals surface area contributed by atoms with Gasteiger partial charge >= 0.3 is 5.97 Å². The molecule has 0 radical (unpaired) electrons. The van der Waals surface area contributed by atoms with E-state index >= 15 is 0 Å². The monoisotopic (exact) mass is 292 g/mol. The number of hydrogen-bond donors (Lipinski definition) is 2. The van der Waals surface area contributed by atoms with Gasteiger partial charge in [0, 0.05) is 11.2 Å². The number of ether oxygens (including phenoxy) is 1. The summed E-state index contributed by atoms with van der Waals surface area (Å²) in [6.07, 6.45) is -0.862. The van der Waals surface area contributed by atoms with Crippen molar-refractivity contribution in [2.24, 2.45) is 0 Å². The van der Waals surface area contributed by atoms with Gasteiger partial charge in [-0.15, -0.1) is 0 Å². The van der Waals surface area contributed by atoms with Crippen molar-refractivity contribution in [3.8, 4) is 0 Å². The molecule has 3 N–H and O–H groups in total. The summed E-state index contributed by atoms with van der Waals surface area (Å²) >= 11 is 0. The number of anilines is 1. The number of nitrogens with one attached hydrogen (secondary N) is 1. The van der Waals surface area contributed by atoms with Crippen molar-refractivity contribution < 1.29 is 14.3 Å². The van der Waals surface area contributed by atoms with Crippen molar-refractivity contribution in [3.05, 3.63) is 28.8 Å². The maximum atomic E-state index is 12.2. The lowest BCUT2D eigenvalue weighted by Gasteiger charge is -2.23. The molecule has 0 fully saturated rings. The van der Waals surface area contributed by atoms with Crippen molar-refractivity contribution in [2.75, 3.05) is 5.73 Å². The van der Waals surface area contributed by atoms with Gasteiger partial charge in [-0.1, -0.05) is 6.07 Å². The summed E-state index contributed by atoms with van der Waals surface area (Å²) < 4.78 is 5.21. The Bertz CT molecular complexity index is 559. The molecule has 0 saturated heterocycles. The van der Waals surface area contributed by atoms with Crippen LogP contribution in [0.5, 0.6) is 0 Å². The van der Waals surface area contributed by atoms with E-state index < -0.39 is 12.1 Å². The molecule has 0 aliphatic heterocycles. The zero-order chi connectivity index (χ0) is 16.4. The van der Waals surface area contributed by atoms with Crippen LogP contribution in [-0.2, 0) is 9.53 Å². The van der Waals surface area contributed by atoms with Crippen molar-refractivity contribution in [3.63, 3.8) is 0 Å². The van der Waals surface area contributed by atoms with Gasteiger partial charge in [0.15, 0.2) is 6.10 Å². The lowest BCUT2D eigenvalue weighted by atomic mass is 10.0. The molecule has 1 unspecified atom stereocenters. The lowest BCUT2D eigenvalue weighted by molar-refractivity contribution is -0.130. The molecular weight excluding hydrogens is 268 g/mol. The molecule has 0 bridgehead atoms. The summed E-state index contributed by atoms with van der Waals surface area (Å²) in [4.78, 5) is 24.1. The number of carbonyl (C=O) groups excluding carboxylic acids is 2. The van der Waals surface area contributed by atoms with E-state index in [-0.39, 0.29) is 11.4 Å². The largest absolute Gasteiger partial charge is 0.449 e. The summed E-state index contributed by atoms with van der Waals surface area (Å²) in [7, 11) is 0. The summed E-state index contributed by atoms with van der Waals surface area (Å²) in [6, 6.07) is 3.41. The maximum absolute atomic E-state index is 12.2. The summed E-state index contributed by atoms with van der Waals surface area (Å²) in [6.45, 7) is 10.8. The minimum Gasteiger partial charge on any atom is -0.449 e. The van der Waals surface area contributed by atoms with Crippen LogP contribution in [0, 0.1) is 13.8 Å². The average molecular weight is 292 g/mol. The first-order valence-corrected chi connectivity index (χ1v) is 6.91. The number of benzene rings is 1. The highest BCUT2D eigenvalue weighted by atomic mass is 16.5. The van der Waals surface area contributed by atoms with Crippen LogP contribution in [0.1, 0.15) is 49.2 Å². The number of nitrogen functional groups attached to an aromatic ring is 1. The maximum Gasteiger partial charge on any atom is 0.339 e. The third-order valence-corrected chi connectivity index (χ3v) is 2.98. The molecule has 0 spiro atoms. The molecule has 116 valence electrons. The highest BCUT2D eigenvalue weighted by Gasteiger charge is 2.23. The van der Waals surface area contributed by atoms with Crippen LogP contribution in [0.15, 0.2) is 12.1 Å². The molecule has 21 heavy (non-hydrogen) atoms. The molecule has 5 heteroatoms. The minimum absolute atomic E-state index is 0.325. The van der Waals surface area contributed by atoms with Crippen LogP contribution in [-0.4, -0.2) is 23.5 Å². The summed E-state index contributed by atoms with van der Waals surface area (Å²) in [5.74, 6) is -0.871. The Kier molecular flexibility index (Phi) is 4.99. The first-order valence-electron chi connectivity index (χ1n) is 6.91. The molecule has 0 aromatic heterocycles. The number of amides is 1. The number of aryl methyl sites for hydroxylation is 2. The Hall–Kier alpha value is -2.04. The molecule has 1 atom stereocenters. The van der Waals surface area contributed by atoms with Crippen LogP contribution >= 0.6 is 0 Å². The van der Waals surface area contributed by atoms with Crippen molar-refractivity contribution >= 4 is 17.6 Å². The molecule has 5 nitrogen and oxygen atoms in total. The van der Waals surface area contributed by atoms with Gasteiger partial charge in [0.05, 0.1) is 5.56 Å². The van der Waals surface area contributed by atoms with E-state index in [0.717, 1.165) is 11.1 Å². The molecule has 0 saturated carbocycles. The smallest absolute Gasteiger partial charge is 0.339 e. The number of hydrogen-bond acceptors (Lipinski definition) is 4. The molecule has 0 aliphatic carbocycles. The zero-order valence-electron chi connectivity index (χ0n) is 13.5. The highest BCUT2D eigenvalue weighted by Crippen LogP contribution is 2.19. The Morgan fingerprint density at radius 3 is 2.29 bits per heavy atom. The Labute approximate surface area is 125 Å². The third-order valence-electron chi connectivity index (χ3n) is 2.98. The Morgan fingerprint density at radius 2 is 1.76 bits per heavy atom. The van der Waals surface area contributed by atoms with Crippen LogP contribution in [0.3, 0.4) is 0 Å². The fourth-order valence-corrected chi connectivity index (χ4v) is 1.84. The van der Waals surface area contributed by atoms with E-state index in [1.807, 2.05) is 40.7 Å². The van der Waals surface area contributed by atoms with E-state index in [4.69, 9.17) is 10.5 Å². The predicted molar refractivity (Wildman–Crippen MR) is 83.1 cm³/mol. The second-order valence-corrected chi connectivity index (χ2v) is 6.31. The summed E-state index contributed by atoms with van der Waals surface area (Å²) in [5, 5.41) is 2.77. The Morgan fingerprint density at radius 1 is 1.19 bits per heavy atom. The molecule has 1 aromatic rings. The molecule has 1 rings (SSSR count). The van der Waals surface area contributed by atoms with Crippen molar-refractivity contribution in [1.82, 2.24) is 5.32 Å². The zero-order valence-corrected chi connectivity index (χ0v) is 13.5. The standard InChI is InChI=1S/C16H24N2O3/c1-9-7-10(2)13(17)8-12(9)15(20)21-11(3)14(19)18-16(4,5)6/h7-8,11H,17H2,1-6H3,(H,18,19). The number of rotatable bonds is 3. The first kappa shape index (κ1) is 17.0. The van der Waals surface area contributed by atoms with Gasteiger partial charge in [-0.2, -0.15) is 0 Å². The molecular formula is C16H24N2O3. The van der Waals surface area contributed by atoms with Crippen LogP contribution in [0.4, 0.5) is 5.69 Å². The second kappa shape index (κ2) is 6.16. The van der Waals surface area contributed by atoms with E-state index in [1.54, 1.807) is 13.0 Å². The van der Waals surface area contributed by atoms with Crippen LogP contribution in [0.25, 0.3) is 0 Å². The molecule has 0 aliphatic rings. The van der Waals surface area contributed by atoms with Crippen molar-refractivity contribution in [2.45, 2.75) is 53.2 Å². The van der Waals surface area contributed by atoms with Gasteiger partial charge in [-0.05, 0) is 58.7 Å². The van der Waals surface area contributed by atoms with Gasteiger partial charge in [-0.25, -0.2) is 4.79 Å². The third kappa shape index (κ3) is 4.77. The van der Waals surface area contributed by atoms with E-state index in [9.17, 15) is 9.59 Å². The quantitative estimate of drug-likeness (QED) is 0.662. The molecule has 0 heterocycles. The minimum atomic E-state index is -0.862. The van der Waals surface area contributed by atoms with E-state index in [2.05, 4.69) is 5.32 Å². The fraction of sp³-hybridized carbons (Fsp3) is 0.500. The average Bonchev–Trinajstić information content (AvgIpc) is 2.31. The van der Waals surface area contributed by atoms with Gasteiger partial charge in [0.25, 0.3) is 5.91 Å². The Balaban J connectivity index is 2.82. The van der Waals surface area contributed by atoms with Gasteiger partial charge in [-0.3, -0.25) is 4.79 Å². The highest BCUT2D eigenvalue weighted by molar-refractivity contribution is 5.94.